The third-order valence-corrected chi connectivity index (χ3v) is 5.05. The van der Waals surface area contributed by atoms with Crippen LogP contribution in [0.5, 0.6) is 0 Å². The smallest absolute Gasteiger partial charge is 0.345 e. The number of nitrogens with zero attached hydrogens (tertiary/aromatic N) is 3. The first-order chi connectivity index (χ1) is 15.1. The molecule has 0 spiro atoms. The molecule has 1 N–H and O–H groups in total. The van der Waals surface area contributed by atoms with Gasteiger partial charge in [0.25, 0.3) is 11.6 Å². The van der Waals surface area contributed by atoms with Crippen molar-refractivity contribution >= 4 is 52.3 Å². The first-order valence-corrected chi connectivity index (χ1v) is 9.70. The van der Waals surface area contributed by atoms with E-state index in [-0.39, 0.29) is 44.0 Å². The molecule has 10 nitrogen and oxygen atoms in total. The van der Waals surface area contributed by atoms with Crippen LogP contribution in [0, 0.1) is 10.1 Å². The molecule has 1 amide bonds. The highest BCUT2D eigenvalue weighted by molar-refractivity contribution is 6.39. The lowest BCUT2D eigenvalue weighted by atomic mass is 10.1. The average molecular weight is 479 g/mol. The van der Waals surface area contributed by atoms with Crippen molar-refractivity contribution in [1.29, 1.82) is 0 Å². The highest BCUT2D eigenvalue weighted by Gasteiger charge is 2.29. The van der Waals surface area contributed by atoms with E-state index >= 15 is 0 Å². The lowest BCUT2D eigenvalue weighted by Crippen LogP contribution is -2.16. The summed E-state index contributed by atoms with van der Waals surface area (Å²) in [6.45, 7) is 0. The molecule has 0 radical (unpaired) electrons. The maximum atomic E-state index is 12.8. The fourth-order valence-corrected chi connectivity index (χ4v) is 3.50. The molecule has 166 valence electrons. The summed E-state index contributed by atoms with van der Waals surface area (Å²) < 4.78 is 9.96. The molecular weight excluding hydrogens is 463 g/mol. The summed E-state index contributed by atoms with van der Waals surface area (Å²) in [6.07, 6.45) is 0. The minimum Gasteiger partial charge on any atom is -0.465 e. The zero-order chi connectivity index (χ0) is 23.6. The minimum absolute atomic E-state index is 0.0308. The van der Waals surface area contributed by atoms with Gasteiger partial charge in [-0.15, -0.1) is 0 Å². The Morgan fingerprint density at radius 3 is 2.41 bits per heavy atom. The Labute approximate surface area is 191 Å². The second kappa shape index (κ2) is 9.25. The molecule has 0 aliphatic carbocycles. The van der Waals surface area contributed by atoms with Gasteiger partial charge < -0.3 is 14.2 Å². The SMILES string of the molecule is COC(=O)c1c(-c2c(Cl)cccc2Cl)noc1NC(=O)c1ccc(N(C)C)c([N+](=O)[O-])c1. The predicted octanol–water partition coefficient (Wildman–Crippen LogP) is 4.66. The van der Waals surface area contributed by atoms with Crippen LogP contribution in [-0.4, -0.2) is 43.2 Å². The van der Waals surface area contributed by atoms with Gasteiger partial charge in [0, 0.05) is 31.3 Å². The Kier molecular flexibility index (Phi) is 6.66. The molecule has 3 aromatic rings. The van der Waals surface area contributed by atoms with E-state index in [1.165, 1.54) is 12.1 Å². The molecule has 3 rings (SSSR count). The van der Waals surface area contributed by atoms with Gasteiger partial charge in [-0.1, -0.05) is 34.4 Å². The highest BCUT2D eigenvalue weighted by Crippen LogP contribution is 2.38. The van der Waals surface area contributed by atoms with Gasteiger partial charge in [-0.05, 0) is 24.3 Å². The molecule has 2 aromatic carbocycles. The summed E-state index contributed by atoms with van der Waals surface area (Å²) >= 11 is 12.4. The molecule has 0 unspecified atom stereocenters. The lowest BCUT2D eigenvalue weighted by Gasteiger charge is -2.13. The van der Waals surface area contributed by atoms with E-state index in [1.54, 1.807) is 37.2 Å². The number of methoxy groups -OCH3 is 1. The van der Waals surface area contributed by atoms with Crippen molar-refractivity contribution in [1.82, 2.24) is 5.16 Å². The number of ether oxygens (including phenoxy) is 1. The number of benzene rings is 2. The van der Waals surface area contributed by atoms with Crippen LogP contribution in [0.15, 0.2) is 40.9 Å². The number of amides is 1. The van der Waals surface area contributed by atoms with Crippen LogP contribution < -0.4 is 10.2 Å². The molecule has 0 fully saturated rings. The lowest BCUT2D eigenvalue weighted by molar-refractivity contribution is -0.384. The third-order valence-electron chi connectivity index (χ3n) is 4.42. The van der Waals surface area contributed by atoms with Gasteiger partial charge in [0.15, 0.2) is 5.56 Å². The summed E-state index contributed by atoms with van der Waals surface area (Å²) in [4.78, 5) is 37.6. The van der Waals surface area contributed by atoms with E-state index in [2.05, 4.69) is 10.5 Å². The Morgan fingerprint density at radius 1 is 1.19 bits per heavy atom. The van der Waals surface area contributed by atoms with Crippen molar-refractivity contribution in [3.63, 3.8) is 0 Å². The normalized spacial score (nSPS) is 10.5. The van der Waals surface area contributed by atoms with Gasteiger partial charge >= 0.3 is 5.97 Å². The second-order valence-corrected chi connectivity index (χ2v) is 7.45. The number of anilines is 2. The zero-order valence-corrected chi connectivity index (χ0v) is 18.5. The standard InChI is InChI=1S/C20H16Cl2N4O6/c1-25(2)13-8-7-10(9-14(13)26(29)30)18(27)23-19-16(20(28)31-3)17(24-32-19)15-11(21)5-4-6-12(15)22/h4-9H,1-3H3,(H,23,27). The van der Waals surface area contributed by atoms with Gasteiger partial charge in [-0.2, -0.15) is 0 Å². The van der Waals surface area contributed by atoms with E-state index in [9.17, 15) is 19.7 Å². The Bertz CT molecular complexity index is 1200. The predicted molar refractivity (Wildman–Crippen MR) is 119 cm³/mol. The minimum atomic E-state index is -0.860. The quantitative estimate of drug-likeness (QED) is 0.307. The molecule has 0 aliphatic rings. The summed E-state index contributed by atoms with van der Waals surface area (Å²) in [5, 5.41) is 18.0. The van der Waals surface area contributed by atoms with Crippen LogP contribution in [-0.2, 0) is 4.74 Å². The third kappa shape index (κ3) is 4.36. The van der Waals surface area contributed by atoms with Crippen molar-refractivity contribution in [3.8, 4) is 11.3 Å². The molecular formula is C20H16Cl2N4O6. The molecule has 0 aliphatic heterocycles. The Balaban J connectivity index is 2.04. The monoisotopic (exact) mass is 478 g/mol. The largest absolute Gasteiger partial charge is 0.465 e. The van der Waals surface area contributed by atoms with Gasteiger partial charge in [-0.3, -0.25) is 20.2 Å². The van der Waals surface area contributed by atoms with Crippen LogP contribution in [0.4, 0.5) is 17.3 Å². The number of carbonyl (C=O) groups excluding carboxylic acids is 2. The maximum absolute atomic E-state index is 12.8. The number of aromatic nitrogens is 1. The first-order valence-electron chi connectivity index (χ1n) is 8.95. The van der Waals surface area contributed by atoms with Crippen molar-refractivity contribution in [3.05, 3.63) is 67.7 Å². The number of esters is 1. The van der Waals surface area contributed by atoms with Gasteiger partial charge in [0.1, 0.15) is 11.4 Å². The molecule has 0 bridgehead atoms. The van der Waals surface area contributed by atoms with E-state index in [1.807, 2.05) is 0 Å². The zero-order valence-electron chi connectivity index (χ0n) is 17.0. The Morgan fingerprint density at radius 2 is 1.84 bits per heavy atom. The number of hydrogen-bond donors (Lipinski definition) is 1. The van der Waals surface area contributed by atoms with Crippen LogP contribution in [0.2, 0.25) is 10.0 Å². The first kappa shape index (κ1) is 23.0. The van der Waals surface area contributed by atoms with Crippen LogP contribution in [0.25, 0.3) is 11.3 Å². The summed E-state index contributed by atoms with van der Waals surface area (Å²) in [6, 6.07) is 8.65. The van der Waals surface area contributed by atoms with E-state index < -0.39 is 16.8 Å². The van der Waals surface area contributed by atoms with Crippen molar-refractivity contribution < 1.29 is 23.8 Å². The van der Waals surface area contributed by atoms with Crippen molar-refractivity contribution in [2.75, 3.05) is 31.4 Å². The van der Waals surface area contributed by atoms with E-state index in [0.717, 1.165) is 13.2 Å². The van der Waals surface area contributed by atoms with Crippen LogP contribution in [0.3, 0.4) is 0 Å². The number of carbonyl (C=O) groups is 2. The summed E-state index contributed by atoms with van der Waals surface area (Å²) in [5.41, 5.74) is -0.0145. The van der Waals surface area contributed by atoms with E-state index in [4.69, 9.17) is 32.5 Å². The highest BCUT2D eigenvalue weighted by atomic mass is 35.5. The fourth-order valence-electron chi connectivity index (χ4n) is 2.93. The van der Waals surface area contributed by atoms with Gasteiger partial charge in [0.2, 0.25) is 5.88 Å². The molecule has 1 heterocycles. The summed E-state index contributed by atoms with van der Waals surface area (Å²) in [5.74, 6) is -1.95. The van der Waals surface area contributed by atoms with Crippen LogP contribution >= 0.6 is 23.2 Å². The Hall–Kier alpha value is -3.63. The number of hydrogen-bond acceptors (Lipinski definition) is 8. The van der Waals surface area contributed by atoms with Crippen molar-refractivity contribution in [2.24, 2.45) is 0 Å². The molecule has 0 saturated carbocycles. The van der Waals surface area contributed by atoms with Crippen LogP contribution in [0.1, 0.15) is 20.7 Å². The van der Waals surface area contributed by atoms with Gasteiger partial charge in [-0.25, -0.2) is 4.79 Å². The molecule has 32 heavy (non-hydrogen) atoms. The topological polar surface area (TPSA) is 128 Å². The van der Waals surface area contributed by atoms with Crippen molar-refractivity contribution in [2.45, 2.75) is 0 Å². The number of rotatable bonds is 6. The number of nitro benzene ring substituents is 1. The van der Waals surface area contributed by atoms with Gasteiger partial charge in [0.05, 0.1) is 22.1 Å². The maximum Gasteiger partial charge on any atom is 0.345 e. The fraction of sp³-hybridized carbons (Fsp3) is 0.150. The number of nitrogens with one attached hydrogen (secondary N) is 1. The average Bonchev–Trinajstić information content (AvgIpc) is 3.15. The molecule has 0 saturated heterocycles. The number of halogens is 2. The molecule has 0 atom stereocenters. The second-order valence-electron chi connectivity index (χ2n) is 6.63. The van der Waals surface area contributed by atoms with E-state index in [0.29, 0.717) is 5.69 Å². The molecule has 1 aromatic heterocycles. The molecule has 12 heteroatoms. The number of nitro groups is 1. The summed E-state index contributed by atoms with van der Waals surface area (Å²) in [7, 11) is 4.42.